The zero-order valence-electron chi connectivity index (χ0n) is 10.6. The van der Waals surface area contributed by atoms with Gasteiger partial charge in [-0.05, 0) is 34.9 Å². The van der Waals surface area contributed by atoms with Crippen LogP contribution in [0.25, 0.3) is 22.0 Å². The van der Waals surface area contributed by atoms with Crippen LogP contribution in [-0.2, 0) is 6.61 Å². The van der Waals surface area contributed by atoms with Crippen molar-refractivity contribution >= 4 is 10.9 Å². The number of pyridine rings is 1. The summed E-state index contributed by atoms with van der Waals surface area (Å²) in [5.74, 6) is -0.459. The van der Waals surface area contributed by atoms with Gasteiger partial charge in [0, 0.05) is 11.5 Å². The average molecular weight is 269 g/mol. The number of aromatic nitrogens is 1. The molecule has 3 rings (SSSR count). The third-order valence-electron chi connectivity index (χ3n) is 3.26. The first-order valence-electron chi connectivity index (χ1n) is 6.21. The number of benzene rings is 2. The number of hydrogen-bond donors (Lipinski definition) is 2. The maximum Gasteiger partial charge on any atom is 0.248 e. The van der Waals surface area contributed by atoms with E-state index in [9.17, 15) is 14.3 Å². The number of nitrogens with one attached hydrogen (secondary N) is 1. The monoisotopic (exact) mass is 269 g/mol. The molecule has 0 aliphatic heterocycles. The predicted octanol–water partition coefficient (Wildman–Crippen LogP) is 2.83. The summed E-state index contributed by atoms with van der Waals surface area (Å²) >= 11 is 0. The molecule has 0 unspecified atom stereocenters. The van der Waals surface area contributed by atoms with Crippen molar-refractivity contribution in [1.29, 1.82) is 0 Å². The number of H-pyrrole nitrogens is 1. The largest absolute Gasteiger partial charge is 0.392 e. The molecule has 1 aromatic heterocycles. The molecule has 0 amide bonds. The van der Waals surface area contributed by atoms with Crippen molar-refractivity contribution in [3.8, 4) is 11.1 Å². The number of aliphatic hydroxyl groups is 1. The van der Waals surface area contributed by atoms with E-state index in [-0.39, 0.29) is 17.7 Å². The van der Waals surface area contributed by atoms with E-state index in [2.05, 4.69) is 4.98 Å². The molecule has 0 saturated heterocycles. The van der Waals surface area contributed by atoms with Gasteiger partial charge in [-0.1, -0.05) is 24.3 Å². The van der Waals surface area contributed by atoms with Crippen molar-refractivity contribution in [2.45, 2.75) is 6.61 Å². The summed E-state index contributed by atoms with van der Waals surface area (Å²) in [6, 6.07) is 13.4. The van der Waals surface area contributed by atoms with Gasteiger partial charge in [-0.3, -0.25) is 4.79 Å². The van der Waals surface area contributed by atoms with Gasteiger partial charge >= 0.3 is 0 Å². The van der Waals surface area contributed by atoms with Crippen LogP contribution in [0.4, 0.5) is 4.39 Å². The molecule has 1 heterocycles. The molecule has 3 aromatic rings. The lowest BCUT2D eigenvalue weighted by Crippen LogP contribution is -2.04. The van der Waals surface area contributed by atoms with Crippen LogP contribution < -0.4 is 5.56 Å². The Morgan fingerprint density at radius 2 is 1.95 bits per heavy atom. The molecule has 100 valence electrons. The Hall–Kier alpha value is -2.46. The standard InChI is InChI=1S/C16H12FNO2/c17-14-6-4-12(11-3-1-2-10(8-11)9-19)13-5-7-15(20)18-16(13)14/h1-8,19H,9H2,(H,18,20). The SMILES string of the molecule is O=c1ccc2c(-c3cccc(CO)c3)ccc(F)c2[nH]1. The Kier molecular flexibility index (Phi) is 3.08. The summed E-state index contributed by atoms with van der Waals surface area (Å²) in [6.45, 7) is -0.0518. The van der Waals surface area contributed by atoms with Gasteiger partial charge in [0.2, 0.25) is 5.56 Å². The second kappa shape index (κ2) is 4.90. The van der Waals surface area contributed by atoms with E-state index >= 15 is 0 Å². The third-order valence-corrected chi connectivity index (χ3v) is 3.26. The first-order chi connectivity index (χ1) is 9.69. The molecule has 0 radical (unpaired) electrons. The zero-order chi connectivity index (χ0) is 14.1. The zero-order valence-corrected chi connectivity index (χ0v) is 10.6. The fourth-order valence-electron chi connectivity index (χ4n) is 2.31. The summed E-state index contributed by atoms with van der Waals surface area (Å²) in [6.07, 6.45) is 0. The molecule has 0 fully saturated rings. The highest BCUT2D eigenvalue weighted by molar-refractivity contribution is 5.94. The maximum absolute atomic E-state index is 13.8. The number of aliphatic hydroxyl groups excluding tert-OH is 1. The third kappa shape index (κ3) is 2.10. The van der Waals surface area contributed by atoms with Crippen LogP contribution in [0.3, 0.4) is 0 Å². The van der Waals surface area contributed by atoms with Crippen LogP contribution >= 0.6 is 0 Å². The van der Waals surface area contributed by atoms with Crippen LogP contribution in [0.15, 0.2) is 53.3 Å². The number of fused-ring (bicyclic) bond motifs is 1. The molecule has 20 heavy (non-hydrogen) atoms. The lowest BCUT2D eigenvalue weighted by Gasteiger charge is -2.08. The Labute approximate surface area is 114 Å². The fourth-order valence-corrected chi connectivity index (χ4v) is 2.31. The molecule has 0 bridgehead atoms. The van der Waals surface area contributed by atoms with Gasteiger partial charge in [0.05, 0.1) is 12.1 Å². The van der Waals surface area contributed by atoms with Crippen molar-refractivity contribution in [2.24, 2.45) is 0 Å². The highest BCUT2D eigenvalue weighted by Crippen LogP contribution is 2.29. The van der Waals surface area contributed by atoms with Crippen molar-refractivity contribution in [2.75, 3.05) is 0 Å². The van der Waals surface area contributed by atoms with E-state index < -0.39 is 5.82 Å². The fraction of sp³-hybridized carbons (Fsp3) is 0.0625. The van der Waals surface area contributed by atoms with Gasteiger partial charge in [-0.15, -0.1) is 0 Å². The summed E-state index contributed by atoms with van der Waals surface area (Å²) in [4.78, 5) is 13.8. The molecule has 0 aliphatic carbocycles. The number of rotatable bonds is 2. The minimum absolute atomic E-state index is 0.0518. The first kappa shape index (κ1) is 12.6. The van der Waals surface area contributed by atoms with E-state index in [1.54, 1.807) is 12.1 Å². The number of hydrogen-bond acceptors (Lipinski definition) is 2. The van der Waals surface area contributed by atoms with E-state index in [0.717, 1.165) is 16.7 Å². The van der Waals surface area contributed by atoms with E-state index in [0.29, 0.717) is 5.39 Å². The highest BCUT2D eigenvalue weighted by atomic mass is 19.1. The molecule has 0 saturated carbocycles. The molecule has 2 N–H and O–H groups in total. The smallest absolute Gasteiger partial charge is 0.248 e. The normalized spacial score (nSPS) is 10.9. The number of aromatic amines is 1. The molecule has 3 nitrogen and oxygen atoms in total. The van der Waals surface area contributed by atoms with Crippen LogP contribution in [0.5, 0.6) is 0 Å². The molecule has 2 aromatic carbocycles. The summed E-state index contributed by atoms with van der Waals surface area (Å²) in [7, 11) is 0. The van der Waals surface area contributed by atoms with Crippen LogP contribution in [-0.4, -0.2) is 10.1 Å². The average Bonchev–Trinajstić information content (AvgIpc) is 2.48. The van der Waals surface area contributed by atoms with Crippen molar-refractivity contribution in [1.82, 2.24) is 4.98 Å². The van der Waals surface area contributed by atoms with Crippen LogP contribution in [0.1, 0.15) is 5.56 Å². The molecule has 4 heteroatoms. The van der Waals surface area contributed by atoms with Crippen LogP contribution in [0.2, 0.25) is 0 Å². The summed E-state index contributed by atoms with van der Waals surface area (Å²) < 4.78 is 13.8. The minimum atomic E-state index is -0.459. The van der Waals surface area contributed by atoms with Gasteiger partial charge < -0.3 is 10.1 Å². The van der Waals surface area contributed by atoms with Gasteiger partial charge in [0.1, 0.15) is 5.82 Å². The second-order valence-corrected chi connectivity index (χ2v) is 4.56. The Balaban J connectivity index is 2.31. The lowest BCUT2D eigenvalue weighted by atomic mass is 9.99. The molecular weight excluding hydrogens is 257 g/mol. The second-order valence-electron chi connectivity index (χ2n) is 4.56. The summed E-state index contributed by atoms with van der Waals surface area (Å²) in [5.41, 5.74) is 2.33. The molecular formula is C16H12FNO2. The lowest BCUT2D eigenvalue weighted by molar-refractivity contribution is 0.282. The van der Waals surface area contributed by atoms with E-state index in [1.807, 2.05) is 24.3 Å². The van der Waals surface area contributed by atoms with Gasteiger partial charge in [0.15, 0.2) is 0 Å². The first-order valence-corrected chi connectivity index (χ1v) is 6.21. The van der Waals surface area contributed by atoms with E-state index in [1.165, 1.54) is 12.1 Å². The quantitative estimate of drug-likeness (QED) is 0.751. The van der Waals surface area contributed by atoms with Crippen LogP contribution in [0, 0.1) is 5.82 Å². The number of halogens is 1. The Bertz CT molecular complexity index is 839. The summed E-state index contributed by atoms with van der Waals surface area (Å²) in [5, 5.41) is 9.83. The van der Waals surface area contributed by atoms with Gasteiger partial charge in [-0.25, -0.2) is 4.39 Å². The van der Waals surface area contributed by atoms with Gasteiger partial charge in [0.25, 0.3) is 0 Å². The maximum atomic E-state index is 13.8. The van der Waals surface area contributed by atoms with Crippen molar-refractivity contribution in [3.63, 3.8) is 0 Å². The minimum Gasteiger partial charge on any atom is -0.392 e. The topological polar surface area (TPSA) is 53.1 Å². The Morgan fingerprint density at radius 3 is 2.75 bits per heavy atom. The highest BCUT2D eigenvalue weighted by Gasteiger charge is 2.09. The molecule has 0 spiro atoms. The Morgan fingerprint density at radius 1 is 1.10 bits per heavy atom. The predicted molar refractivity (Wildman–Crippen MR) is 75.9 cm³/mol. The van der Waals surface area contributed by atoms with Gasteiger partial charge in [-0.2, -0.15) is 0 Å². The molecule has 0 aliphatic rings. The van der Waals surface area contributed by atoms with E-state index in [4.69, 9.17) is 0 Å². The van der Waals surface area contributed by atoms with Crippen molar-refractivity contribution in [3.05, 3.63) is 70.3 Å². The van der Waals surface area contributed by atoms with Crippen molar-refractivity contribution < 1.29 is 9.50 Å². The molecule has 0 atom stereocenters.